The fourth-order valence-corrected chi connectivity index (χ4v) is 6.85. The summed E-state index contributed by atoms with van der Waals surface area (Å²) in [6.45, 7) is 0. The third kappa shape index (κ3) is 4.82. The van der Waals surface area contributed by atoms with Crippen LogP contribution in [0.3, 0.4) is 0 Å². The summed E-state index contributed by atoms with van der Waals surface area (Å²) in [7, 11) is 0. The van der Waals surface area contributed by atoms with Crippen LogP contribution in [0.5, 0.6) is 0 Å². The number of furan rings is 1. The van der Waals surface area contributed by atoms with Crippen molar-refractivity contribution >= 4 is 44.3 Å². The van der Waals surface area contributed by atoms with Crippen LogP contribution in [0.15, 0.2) is 172 Å². The average molecular weight is 604 g/mol. The molecule has 0 radical (unpaired) electrons. The number of aliphatic imine (C=N–C) groups is 2. The predicted molar refractivity (Wildman–Crippen MR) is 193 cm³/mol. The highest BCUT2D eigenvalue weighted by Gasteiger charge is 2.23. The van der Waals surface area contributed by atoms with E-state index in [0.717, 1.165) is 79.0 Å². The first-order valence-corrected chi connectivity index (χ1v) is 15.9. The smallest absolute Gasteiger partial charge is 0.155 e. The van der Waals surface area contributed by atoms with E-state index in [9.17, 15) is 0 Å². The Labute approximate surface area is 272 Å². The molecule has 0 amide bonds. The first-order chi connectivity index (χ1) is 23.3. The Morgan fingerprint density at radius 2 is 1.23 bits per heavy atom. The number of pyridine rings is 1. The van der Waals surface area contributed by atoms with Crippen molar-refractivity contribution < 1.29 is 4.42 Å². The highest BCUT2D eigenvalue weighted by Crippen LogP contribution is 2.40. The maximum Gasteiger partial charge on any atom is 0.155 e. The molecule has 1 aliphatic rings. The van der Waals surface area contributed by atoms with Crippen LogP contribution in [0.25, 0.3) is 55.1 Å². The highest BCUT2D eigenvalue weighted by molar-refractivity contribution is 6.18. The first-order valence-electron chi connectivity index (χ1n) is 15.9. The lowest BCUT2D eigenvalue weighted by atomic mass is 9.91. The number of amidine groups is 1. The number of benzene rings is 6. The summed E-state index contributed by atoms with van der Waals surface area (Å²) in [5.41, 5.74) is 10.3. The summed E-state index contributed by atoms with van der Waals surface area (Å²) in [5, 5.41) is 4.61. The van der Waals surface area contributed by atoms with E-state index < -0.39 is 0 Å². The van der Waals surface area contributed by atoms with Crippen LogP contribution in [0.1, 0.15) is 29.2 Å². The van der Waals surface area contributed by atoms with E-state index in [0.29, 0.717) is 0 Å². The first kappa shape index (κ1) is 27.2. The quantitative estimate of drug-likeness (QED) is 0.196. The number of nitrogens with zero attached hydrogens (tertiary/aromatic N) is 3. The Kier molecular flexibility index (Phi) is 6.57. The molecule has 1 aliphatic heterocycles. The Morgan fingerprint density at radius 3 is 2.13 bits per heavy atom. The van der Waals surface area contributed by atoms with Gasteiger partial charge >= 0.3 is 0 Å². The molecule has 0 saturated heterocycles. The van der Waals surface area contributed by atoms with Gasteiger partial charge in [-0.15, -0.1) is 0 Å². The minimum Gasteiger partial charge on any atom is -0.456 e. The van der Waals surface area contributed by atoms with Crippen LogP contribution < -0.4 is 0 Å². The third-order valence-corrected chi connectivity index (χ3v) is 9.11. The van der Waals surface area contributed by atoms with Crippen molar-refractivity contribution in [1.82, 2.24) is 4.98 Å². The van der Waals surface area contributed by atoms with Gasteiger partial charge in [0.15, 0.2) is 5.84 Å². The standard InChI is InChI=1S/C43H29N3O/c1-2-12-31(13-3-1)43-45-37(27-38(46-43)34-17-8-14-28-11-4-5-15-32(28)34)30-24-22-29(23-25-30)33-19-10-26-44-42(33)36-18-9-21-40-41(36)35-16-6-7-20-39(35)47-40/h1-26,37H,27H2. The number of hydrogen-bond acceptors (Lipinski definition) is 4. The van der Waals surface area contributed by atoms with Crippen molar-refractivity contribution in [2.24, 2.45) is 9.98 Å². The molecule has 4 heteroatoms. The van der Waals surface area contributed by atoms with Gasteiger partial charge in [-0.25, -0.2) is 4.99 Å². The Balaban J connectivity index is 1.12. The molecule has 0 saturated carbocycles. The fraction of sp³-hybridized carbons (Fsp3) is 0.0465. The Morgan fingerprint density at radius 1 is 0.532 bits per heavy atom. The fourth-order valence-electron chi connectivity index (χ4n) is 6.85. The van der Waals surface area contributed by atoms with E-state index in [4.69, 9.17) is 19.4 Å². The second kappa shape index (κ2) is 11.3. The molecule has 0 aliphatic carbocycles. The summed E-state index contributed by atoms with van der Waals surface area (Å²) in [6.07, 6.45) is 2.59. The van der Waals surface area contributed by atoms with Crippen molar-refractivity contribution in [3.63, 3.8) is 0 Å². The second-order valence-corrected chi connectivity index (χ2v) is 11.9. The number of para-hydroxylation sites is 1. The SMILES string of the molecule is c1ccc(C2=NC(c3ccc(-c4cccnc4-c4cccc5oc6ccccc6c45)cc3)CC(c3cccc4ccccc34)=N2)cc1. The second-order valence-electron chi connectivity index (χ2n) is 11.9. The van der Waals surface area contributed by atoms with Gasteiger partial charge in [0.2, 0.25) is 0 Å². The molecule has 47 heavy (non-hydrogen) atoms. The molecule has 2 aromatic heterocycles. The van der Waals surface area contributed by atoms with E-state index in [-0.39, 0.29) is 6.04 Å². The lowest BCUT2D eigenvalue weighted by molar-refractivity contribution is 0.669. The molecule has 3 heterocycles. The molecule has 0 N–H and O–H groups in total. The summed E-state index contributed by atoms with van der Waals surface area (Å²) in [5.74, 6) is 0.767. The minimum absolute atomic E-state index is 0.0647. The van der Waals surface area contributed by atoms with Crippen LogP contribution in [0, 0.1) is 0 Å². The van der Waals surface area contributed by atoms with Gasteiger partial charge in [-0.2, -0.15) is 0 Å². The zero-order valence-corrected chi connectivity index (χ0v) is 25.5. The Bertz CT molecular complexity index is 2480. The van der Waals surface area contributed by atoms with Crippen LogP contribution in [0.4, 0.5) is 0 Å². The number of aromatic nitrogens is 1. The molecule has 4 nitrogen and oxygen atoms in total. The highest BCUT2D eigenvalue weighted by atomic mass is 16.3. The average Bonchev–Trinajstić information content (AvgIpc) is 3.54. The van der Waals surface area contributed by atoms with Crippen molar-refractivity contribution in [2.45, 2.75) is 12.5 Å². The van der Waals surface area contributed by atoms with E-state index in [1.54, 1.807) is 0 Å². The van der Waals surface area contributed by atoms with Gasteiger partial charge in [0.1, 0.15) is 11.2 Å². The summed E-state index contributed by atoms with van der Waals surface area (Å²) < 4.78 is 6.20. The van der Waals surface area contributed by atoms with Crippen molar-refractivity contribution in [1.29, 1.82) is 0 Å². The molecule has 9 rings (SSSR count). The van der Waals surface area contributed by atoms with Gasteiger partial charge in [-0.1, -0.05) is 133 Å². The predicted octanol–water partition coefficient (Wildman–Crippen LogP) is 10.8. The van der Waals surface area contributed by atoms with Crippen LogP contribution in [0.2, 0.25) is 0 Å². The van der Waals surface area contributed by atoms with E-state index in [2.05, 4.69) is 103 Å². The molecule has 8 aromatic rings. The summed E-state index contributed by atoms with van der Waals surface area (Å²) in [4.78, 5) is 15.3. The summed E-state index contributed by atoms with van der Waals surface area (Å²) in [6, 6.07) is 52.6. The van der Waals surface area contributed by atoms with Crippen LogP contribution >= 0.6 is 0 Å². The molecular weight excluding hydrogens is 574 g/mol. The van der Waals surface area contributed by atoms with Crippen LogP contribution in [-0.2, 0) is 0 Å². The monoisotopic (exact) mass is 603 g/mol. The van der Waals surface area contributed by atoms with Gasteiger partial charge in [0, 0.05) is 45.6 Å². The number of rotatable bonds is 5. The van der Waals surface area contributed by atoms with Crippen molar-refractivity contribution in [2.75, 3.05) is 0 Å². The largest absolute Gasteiger partial charge is 0.456 e. The van der Waals surface area contributed by atoms with Gasteiger partial charge in [0.25, 0.3) is 0 Å². The maximum atomic E-state index is 6.20. The van der Waals surface area contributed by atoms with E-state index in [1.165, 1.54) is 10.8 Å². The lowest BCUT2D eigenvalue weighted by Gasteiger charge is -2.22. The third-order valence-electron chi connectivity index (χ3n) is 9.11. The molecule has 0 bridgehead atoms. The van der Waals surface area contributed by atoms with Gasteiger partial charge in [-0.05, 0) is 40.1 Å². The summed E-state index contributed by atoms with van der Waals surface area (Å²) >= 11 is 0. The Hall–Kier alpha value is -6.13. The lowest BCUT2D eigenvalue weighted by Crippen LogP contribution is -2.17. The zero-order chi connectivity index (χ0) is 31.2. The number of hydrogen-bond donors (Lipinski definition) is 0. The van der Waals surface area contributed by atoms with Crippen molar-refractivity contribution in [3.05, 3.63) is 175 Å². The number of fused-ring (bicyclic) bond motifs is 4. The molecule has 6 aromatic carbocycles. The van der Waals surface area contributed by atoms with Gasteiger partial charge in [0.05, 0.1) is 17.4 Å². The van der Waals surface area contributed by atoms with Crippen molar-refractivity contribution in [3.8, 4) is 22.4 Å². The minimum atomic E-state index is -0.0647. The topological polar surface area (TPSA) is 50.8 Å². The van der Waals surface area contributed by atoms with Crippen LogP contribution in [-0.4, -0.2) is 16.5 Å². The molecule has 1 atom stereocenters. The van der Waals surface area contributed by atoms with Gasteiger partial charge < -0.3 is 4.42 Å². The van der Waals surface area contributed by atoms with Gasteiger partial charge in [-0.3, -0.25) is 9.98 Å². The molecule has 0 spiro atoms. The molecule has 222 valence electrons. The molecule has 0 fully saturated rings. The maximum absolute atomic E-state index is 6.20. The molecular formula is C43H29N3O. The zero-order valence-electron chi connectivity index (χ0n) is 25.5. The van der Waals surface area contributed by atoms with E-state index in [1.807, 2.05) is 54.7 Å². The van der Waals surface area contributed by atoms with E-state index >= 15 is 0 Å². The molecule has 1 unspecified atom stereocenters. The normalized spacial score (nSPS) is 14.8.